The van der Waals surface area contributed by atoms with Gasteiger partial charge in [0.25, 0.3) is 5.91 Å². The Morgan fingerprint density at radius 2 is 2.04 bits per heavy atom. The Hall–Kier alpha value is -1.43. The molecule has 1 amide bonds. The van der Waals surface area contributed by atoms with Crippen LogP contribution in [-0.2, 0) is 9.53 Å². The Kier molecular flexibility index (Phi) is 7.41. The number of hydrogen-bond donors (Lipinski definition) is 3. The van der Waals surface area contributed by atoms with E-state index in [0.717, 1.165) is 43.1 Å². The van der Waals surface area contributed by atoms with Gasteiger partial charge >= 0.3 is 0 Å². The van der Waals surface area contributed by atoms with Crippen LogP contribution in [0.1, 0.15) is 25.0 Å². The third-order valence-corrected chi connectivity index (χ3v) is 4.81. The molecule has 0 aliphatic carbocycles. The summed E-state index contributed by atoms with van der Waals surface area (Å²) in [6, 6.07) is 6.08. The molecule has 25 heavy (non-hydrogen) atoms. The molecule has 0 saturated carbocycles. The van der Waals surface area contributed by atoms with Crippen LogP contribution in [0, 0.1) is 19.8 Å². The first-order chi connectivity index (χ1) is 11.8. The summed E-state index contributed by atoms with van der Waals surface area (Å²) in [6.45, 7) is 14.1. The first-order valence-electron chi connectivity index (χ1n) is 9.47. The number of nitrogens with one attached hydrogen (secondary N) is 3. The fourth-order valence-electron chi connectivity index (χ4n) is 3.68. The van der Waals surface area contributed by atoms with Gasteiger partial charge in [0.05, 0.1) is 20.2 Å². The van der Waals surface area contributed by atoms with Crippen LogP contribution in [0.5, 0.6) is 0 Å². The lowest BCUT2D eigenvalue weighted by molar-refractivity contribution is -0.926. The van der Waals surface area contributed by atoms with Crippen LogP contribution < -0.4 is 15.1 Å². The van der Waals surface area contributed by atoms with Gasteiger partial charge in [-0.3, -0.25) is 4.79 Å². The average Bonchev–Trinajstić information content (AvgIpc) is 2.50. The van der Waals surface area contributed by atoms with Crippen molar-refractivity contribution in [1.82, 2.24) is 0 Å². The smallest absolute Gasteiger partial charge is 0.279 e. The van der Waals surface area contributed by atoms with Gasteiger partial charge in [0, 0.05) is 11.6 Å². The molecular weight excluding hydrogens is 314 g/mol. The van der Waals surface area contributed by atoms with Gasteiger partial charge in [0.1, 0.15) is 19.6 Å². The number of hydrogen-bond acceptors (Lipinski definition) is 2. The summed E-state index contributed by atoms with van der Waals surface area (Å²) in [5.41, 5.74) is 3.16. The molecule has 3 atom stereocenters. The Labute approximate surface area is 152 Å². The number of benzene rings is 1. The second-order valence-corrected chi connectivity index (χ2v) is 7.95. The van der Waals surface area contributed by atoms with Crippen LogP contribution in [0.2, 0.25) is 0 Å². The lowest BCUT2D eigenvalue weighted by Crippen LogP contribution is -3.18. The van der Waals surface area contributed by atoms with Crippen LogP contribution in [0.25, 0.3) is 0 Å². The lowest BCUT2D eigenvalue weighted by Gasteiger charge is -2.31. The second-order valence-electron chi connectivity index (χ2n) is 7.95. The van der Waals surface area contributed by atoms with Gasteiger partial charge in [-0.05, 0) is 25.0 Å². The molecule has 1 saturated heterocycles. The Bertz CT molecular complexity index is 554. The minimum Gasteiger partial charge on any atom is -0.361 e. The lowest BCUT2D eigenvalue weighted by atomic mass is 10.1. The van der Waals surface area contributed by atoms with Crippen molar-refractivity contribution in [2.45, 2.75) is 33.8 Å². The Morgan fingerprint density at radius 3 is 2.68 bits per heavy atom. The van der Waals surface area contributed by atoms with Gasteiger partial charge in [-0.25, -0.2) is 0 Å². The fourth-order valence-corrected chi connectivity index (χ4v) is 3.68. The zero-order chi connectivity index (χ0) is 18.4. The highest BCUT2D eigenvalue weighted by Gasteiger charge is 2.27. The number of aryl methyl sites for hydroxylation is 2. The first-order valence-corrected chi connectivity index (χ1v) is 9.47. The van der Waals surface area contributed by atoms with Crippen LogP contribution in [0.3, 0.4) is 0 Å². The summed E-state index contributed by atoms with van der Waals surface area (Å²) in [6.07, 6.45) is 0.246. The molecule has 140 valence electrons. The quantitative estimate of drug-likeness (QED) is 0.633. The SMILES string of the molecule is Cc1cccc(C)c1NC(=O)C[NH+](C)C[C@H]1C[NH+](CC(C)C)CCO1. The zero-order valence-corrected chi connectivity index (χ0v) is 16.4. The van der Waals surface area contributed by atoms with Gasteiger partial charge in [-0.1, -0.05) is 32.0 Å². The van der Waals surface area contributed by atoms with Crippen molar-refractivity contribution >= 4 is 11.6 Å². The molecule has 2 unspecified atom stereocenters. The highest BCUT2D eigenvalue weighted by atomic mass is 16.5. The molecule has 1 aliphatic rings. The molecule has 0 aromatic heterocycles. The van der Waals surface area contributed by atoms with E-state index in [2.05, 4.69) is 26.2 Å². The molecule has 5 nitrogen and oxygen atoms in total. The number of amides is 1. The van der Waals surface area contributed by atoms with E-state index in [9.17, 15) is 4.79 Å². The number of para-hydroxylation sites is 1. The number of morpholine rings is 1. The molecule has 0 bridgehead atoms. The predicted molar refractivity (Wildman–Crippen MR) is 101 cm³/mol. The van der Waals surface area contributed by atoms with Crippen LogP contribution in [0.15, 0.2) is 18.2 Å². The maximum Gasteiger partial charge on any atom is 0.279 e. The van der Waals surface area contributed by atoms with Crippen LogP contribution in [-0.4, -0.2) is 58.4 Å². The predicted octanol–water partition coefficient (Wildman–Crippen LogP) is -0.304. The van der Waals surface area contributed by atoms with E-state index < -0.39 is 0 Å². The van der Waals surface area contributed by atoms with Gasteiger partial charge in [0.15, 0.2) is 12.6 Å². The van der Waals surface area contributed by atoms with Crippen molar-refractivity contribution in [1.29, 1.82) is 0 Å². The van der Waals surface area contributed by atoms with Crippen molar-refractivity contribution in [3.05, 3.63) is 29.3 Å². The van der Waals surface area contributed by atoms with E-state index in [1.54, 1.807) is 4.90 Å². The number of carbonyl (C=O) groups excluding carboxylic acids is 1. The zero-order valence-electron chi connectivity index (χ0n) is 16.4. The third kappa shape index (κ3) is 6.42. The van der Waals surface area contributed by atoms with Crippen molar-refractivity contribution in [3.8, 4) is 0 Å². The second kappa shape index (κ2) is 9.32. The maximum absolute atomic E-state index is 12.4. The standard InChI is InChI=1S/C20H33N3O2/c1-15(2)11-23-9-10-25-18(13-23)12-22(5)14-19(24)21-20-16(3)7-6-8-17(20)4/h6-8,15,18H,9-14H2,1-5H3,(H,21,24)/p+2/t18-/m0/s1. The molecule has 1 aliphatic heterocycles. The molecule has 5 heteroatoms. The minimum atomic E-state index is 0.0668. The molecule has 0 radical (unpaired) electrons. The van der Waals surface area contributed by atoms with E-state index >= 15 is 0 Å². The Balaban J connectivity index is 1.81. The van der Waals surface area contributed by atoms with E-state index in [-0.39, 0.29) is 12.0 Å². The molecule has 1 heterocycles. The van der Waals surface area contributed by atoms with E-state index in [1.807, 2.05) is 32.0 Å². The largest absolute Gasteiger partial charge is 0.361 e. The van der Waals surface area contributed by atoms with Crippen molar-refractivity contribution in [3.63, 3.8) is 0 Å². The molecule has 1 aromatic rings. The van der Waals surface area contributed by atoms with Gasteiger partial charge < -0.3 is 19.9 Å². The van der Waals surface area contributed by atoms with E-state index in [1.165, 1.54) is 11.4 Å². The van der Waals surface area contributed by atoms with Gasteiger partial charge in [0.2, 0.25) is 0 Å². The summed E-state index contributed by atoms with van der Waals surface area (Å²) >= 11 is 0. The molecule has 0 spiro atoms. The van der Waals surface area contributed by atoms with Crippen LogP contribution in [0.4, 0.5) is 5.69 Å². The number of ether oxygens (including phenoxy) is 1. The summed E-state index contributed by atoms with van der Waals surface area (Å²) < 4.78 is 5.93. The summed E-state index contributed by atoms with van der Waals surface area (Å²) in [5.74, 6) is 0.777. The van der Waals surface area contributed by atoms with Crippen LogP contribution >= 0.6 is 0 Å². The monoisotopic (exact) mass is 349 g/mol. The van der Waals surface area contributed by atoms with Gasteiger partial charge in [-0.15, -0.1) is 0 Å². The normalized spacial score (nSPS) is 22.0. The Morgan fingerprint density at radius 1 is 1.36 bits per heavy atom. The maximum atomic E-state index is 12.4. The van der Waals surface area contributed by atoms with E-state index in [4.69, 9.17) is 4.74 Å². The molecule has 3 N–H and O–H groups in total. The molecular formula is C20H35N3O2+2. The molecule has 1 fully saturated rings. The minimum absolute atomic E-state index is 0.0668. The van der Waals surface area contributed by atoms with E-state index in [0.29, 0.717) is 12.5 Å². The highest BCUT2D eigenvalue weighted by Crippen LogP contribution is 2.18. The average molecular weight is 350 g/mol. The van der Waals surface area contributed by atoms with Crippen molar-refractivity contribution in [2.75, 3.05) is 51.7 Å². The first kappa shape index (κ1) is 19.9. The summed E-state index contributed by atoms with van der Waals surface area (Å²) in [5, 5.41) is 3.08. The number of carbonyl (C=O) groups is 1. The fraction of sp³-hybridized carbons (Fsp3) is 0.650. The number of likely N-dealkylation sites (N-methyl/N-ethyl adjacent to an activating group) is 1. The third-order valence-electron chi connectivity index (χ3n) is 4.81. The topological polar surface area (TPSA) is 47.2 Å². The van der Waals surface area contributed by atoms with Gasteiger partial charge in [-0.2, -0.15) is 0 Å². The molecule has 1 aromatic carbocycles. The summed E-state index contributed by atoms with van der Waals surface area (Å²) in [7, 11) is 2.07. The van der Waals surface area contributed by atoms with Crippen molar-refractivity contribution in [2.24, 2.45) is 5.92 Å². The number of rotatable bonds is 7. The summed E-state index contributed by atoms with van der Waals surface area (Å²) in [4.78, 5) is 15.2. The number of quaternary nitrogens is 2. The number of anilines is 1. The van der Waals surface area contributed by atoms with Crippen molar-refractivity contribution < 1.29 is 19.3 Å². The highest BCUT2D eigenvalue weighted by molar-refractivity contribution is 5.93. The molecule has 2 rings (SSSR count).